The molecule has 0 atom stereocenters. The molecule has 0 heterocycles. The molecule has 0 rings (SSSR count). The van der Waals surface area contributed by atoms with Crippen LogP contribution in [0.5, 0.6) is 0 Å². The predicted octanol–water partition coefficient (Wildman–Crippen LogP) is 3.24. The molecule has 0 saturated carbocycles. The Morgan fingerprint density at radius 3 is 1.95 bits per heavy atom. The third kappa shape index (κ3) is 7.79. The molecule has 0 unspecified atom stereocenters. The highest BCUT2D eigenvalue weighted by molar-refractivity contribution is 6.60. The van der Waals surface area contributed by atoms with E-state index in [1.807, 2.05) is 20.8 Å². The number of hydrogen-bond donors (Lipinski definition) is 1. The largest absolute Gasteiger partial charge is 0.500 e. The summed E-state index contributed by atoms with van der Waals surface area (Å²) in [7, 11) is -2.53. The van der Waals surface area contributed by atoms with Crippen molar-refractivity contribution in [2.45, 2.75) is 53.0 Å². The Morgan fingerprint density at radius 2 is 1.55 bits per heavy atom. The fourth-order valence-corrected chi connectivity index (χ4v) is 4.58. The monoisotopic (exact) mass is 304 g/mol. The lowest BCUT2D eigenvalue weighted by atomic mass is 10.2. The van der Waals surface area contributed by atoms with Gasteiger partial charge in [0.05, 0.1) is 0 Å². The van der Waals surface area contributed by atoms with Crippen molar-refractivity contribution in [1.29, 1.82) is 0 Å². The maximum Gasteiger partial charge on any atom is 0.500 e. The summed E-state index contributed by atoms with van der Waals surface area (Å²) in [5, 5.41) is 8.76. The summed E-state index contributed by atoms with van der Waals surface area (Å²) in [5.41, 5.74) is 0.396. The van der Waals surface area contributed by atoms with Crippen molar-refractivity contribution < 1.29 is 23.2 Å². The van der Waals surface area contributed by atoms with Gasteiger partial charge in [0.25, 0.3) is 0 Å². The minimum Gasteiger partial charge on any atom is -0.478 e. The summed E-state index contributed by atoms with van der Waals surface area (Å²) in [6.45, 7) is 9.21. The molecule has 0 aliphatic rings. The zero-order chi connectivity index (χ0) is 15.4. The number of hydrogen-bond acceptors (Lipinski definition) is 4. The Balaban J connectivity index is 4.25. The van der Waals surface area contributed by atoms with Crippen LogP contribution in [0, 0.1) is 0 Å². The lowest BCUT2D eigenvalue weighted by molar-refractivity contribution is -0.132. The van der Waals surface area contributed by atoms with Gasteiger partial charge < -0.3 is 18.4 Å². The van der Waals surface area contributed by atoms with E-state index in [2.05, 4.69) is 0 Å². The second kappa shape index (κ2) is 11.0. The van der Waals surface area contributed by atoms with E-state index in [9.17, 15) is 4.79 Å². The van der Waals surface area contributed by atoms with Crippen LogP contribution in [0.3, 0.4) is 0 Å². The van der Waals surface area contributed by atoms with Crippen molar-refractivity contribution >= 4 is 14.8 Å². The molecule has 0 amide bonds. The highest BCUT2D eigenvalue weighted by atomic mass is 28.4. The Kier molecular flexibility index (Phi) is 10.6. The maximum absolute atomic E-state index is 10.7. The topological polar surface area (TPSA) is 65.0 Å². The van der Waals surface area contributed by atoms with Crippen LogP contribution >= 0.6 is 0 Å². The number of carboxylic acids is 1. The van der Waals surface area contributed by atoms with Crippen LogP contribution in [0.1, 0.15) is 47.0 Å². The summed E-state index contributed by atoms with van der Waals surface area (Å²) in [4.78, 5) is 10.7. The first kappa shape index (κ1) is 19.3. The lowest BCUT2D eigenvalue weighted by Gasteiger charge is -2.28. The van der Waals surface area contributed by atoms with Gasteiger partial charge in [0, 0.05) is 31.4 Å². The molecule has 0 aliphatic carbocycles. The van der Waals surface area contributed by atoms with E-state index in [-0.39, 0.29) is 0 Å². The molecule has 5 nitrogen and oxygen atoms in total. The molecule has 0 aliphatic heterocycles. The first-order valence-electron chi connectivity index (χ1n) is 7.33. The molecule has 0 aromatic heterocycles. The maximum atomic E-state index is 10.7. The normalized spacial score (nSPS) is 12.7. The van der Waals surface area contributed by atoms with Crippen LogP contribution in [0.4, 0.5) is 0 Å². The van der Waals surface area contributed by atoms with E-state index in [0.717, 1.165) is 25.3 Å². The first-order valence-corrected chi connectivity index (χ1v) is 9.26. The third-order valence-corrected chi connectivity index (χ3v) is 5.97. The molecular formula is C14H28O5Si. The molecule has 0 aromatic rings. The molecule has 6 heteroatoms. The van der Waals surface area contributed by atoms with Crippen molar-refractivity contribution in [2.24, 2.45) is 0 Å². The van der Waals surface area contributed by atoms with Gasteiger partial charge in [0.1, 0.15) is 0 Å². The molecular weight excluding hydrogens is 276 g/mol. The van der Waals surface area contributed by atoms with Crippen LogP contribution in [0.25, 0.3) is 0 Å². The predicted molar refractivity (Wildman–Crippen MR) is 80.7 cm³/mol. The summed E-state index contributed by atoms with van der Waals surface area (Å²) >= 11 is 0. The van der Waals surface area contributed by atoms with Crippen molar-refractivity contribution in [2.75, 3.05) is 19.8 Å². The highest BCUT2D eigenvalue weighted by Gasteiger charge is 2.39. The second-order valence-corrected chi connectivity index (χ2v) is 7.15. The van der Waals surface area contributed by atoms with Crippen LogP contribution < -0.4 is 0 Å². The van der Waals surface area contributed by atoms with Gasteiger partial charge in [-0.3, -0.25) is 0 Å². The molecule has 0 spiro atoms. The quantitative estimate of drug-likeness (QED) is 0.341. The van der Waals surface area contributed by atoms with Crippen LogP contribution in [-0.2, 0) is 18.1 Å². The van der Waals surface area contributed by atoms with E-state index < -0.39 is 14.8 Å². The fourth-order valence-electron chi connectivity index (χ4n) is 1.89. The van der Waals surface area contributed by atoms with Gasteiger partial charge in [-0.25, -0.2) is 4.79 Å². The smallest absolute Gasteiger partial charge is 0.478 e. The Morgan fingerprint density at radius 1 is 1.05 bits per heavy atom. The van der Waals surface area contributed by atoms with Gasteiger partial charge in [-0.2, -0.15) is 0 Å². The van der Waals surface area contributed by atoms with Crippen LogP contribution in [-0.4, -0.2) is 39.7 Å². The fraction of sp³-hybridized carbons (Fsp3) is 0.786. The van der Waals surface area contributed by atoms with Crippen molar-refractivity contribution in [3.05, 3.63) is 11.6 Å². The number of aliphatic carboxylic acids is 1. The number of unbranched alkanes of at least 4 members (excludes halogenated alkanes) is 2. The summed E-state index contributed by atoms with van der Waals surface area (Å²) < 4.78 is 17.3. The van der Waals surface area contributed by atoms with Gasteiger partial charge >= 0.3 is 14.8 Å². The Hall–Kier alpha value is -0.693. The Labute approximate surface area is 123 Å². The summed E-state index contributed by atoms with van der Waals surface area (Å²) in [6.07, 6.45) is 4.34. The van der Waals surface area contributed by atoms with Crippen molar-refractivity contribution in [3.8, 4) is 0 Å². The van der Waals surface area contributed by atoms with Gasteiger partial charge in [0.15, 0.2) is 0 Å². The molecule has 1 N–H and O–H groups in total. The van der Waals surface area contributed by atoms with E-state index >= 15 is 0 Å². The molecule has 118 valence electrons. The summed E-state index contributed by atoms with van der Waals surface area (Å²) in [5.74, 6) is -0.855. The third-order valence-electron chi connectivity index (χ3n) is 2.82. The average Bonchev–Trinajstić information content (AvgIpc) is 2.39. The SMILES string of the molecule is CCO[Si](CCCCC=C(C)C(=O)O)(OCC)OCC. The zero-order valence-corrected chi connectivity index (χ0v) is 14.1. The molecule has 0 bridgehead atoms. The lowest BCUT2D eigenvalue weighted by Crippen LogP contribution is -2.45. The van der Waals surface area contributed by atoms with E-state index in [1.54, 1.807) is 13.0 Å². The number of carbonyl (C=O) groups is 1. The van der Waals surface area contributed by atoms with Crippen molar-refractivity contribution in [1.82, 2.24) is 0 Å². The molecule has 20 heavy (non-hydrogen) atoms. The second-order valence-electron chi connectivity index (χ2n) is 4.42. The van der Waals surface area contributed by atoms with E-state index in [0.29, 0.717) is 25.4 Å². The number of carboxylic acid groups (broad SMARTS) is 1. The van der Waals surface area contributed by atoms with E-state index in [1.165, 1.54) is 0 Å². The molecule has 0 aromatic carbocycles. The summed E-state index contributed by atoms with van der Waals surface area (Å²) in [6, 6.07) is 0.780. The minimum absolute atomic E-state index is 0.396. The molecule has 0 saturated heterocycles. The van der Waals surface area contributed by atoms with Gasteiger partial charge in [-0.15, -0.1) is 0 Å². The molecule has 0 fully saturated rings. The number of rotatable bonds is 12. The van der Waals surface area contributed by atoms with Gasteiger partial charge in [-0.05, 0) is 47.0 Å². The Bertz CT molecular complexity index is 287. The molecule has 0 radical (unpaired) electrons. The highest BCUT2D eigenvalue weighted by Crippen LogP contribution is 2.20. The zero-order valence-electron chi connectivity index (χ0n) is 13.1. The van der Waals surface area contributed by atoms with Crippen LogP contribution in [0.2, 0.25) is 6.04 Å². The standard InChI is InChI=1S/C14H28O5Si/c1-5-17-20(18-6-2,19-7-3)12-10-8-9-11-13(4)14(15)16/h11H,5-10,12H2,1-4H3,(H,15,16). The van der Waals surface area contributed by atoms with Crippen LogP contribution in [0.15, 0.2) is 11.6 Å². The average molecular weight is 304 g/mol. The van der Waals surface area contributed by atoms with Gasteiger partial charge in [-0.1, -0.05) is 6.08 Å². The first-order chi connectivity index (χ1) is 9.51. The van der Waals surface area contributed by atoms with Crippen molar-refractivity contribution in [3.63, 3.8) is 0 Å². The minimum atomic E-state index is -2.53. The van der Waals surface area contributed by atoms with E-state index in [4.69, 9.17) is 18.4 Å². The van der Waals surface area contributed by atoms with Gasteiger partial charge in [0.2, 0.25) is 0 Å². The number of allylic oxidation sites excluding steroid dienone is 1.